The lowest BCUT2D eigenvalue weighted by Crippen LogP contribution is -2.44. The molecule has 1 saturated heterocycles. The molecule has 2 N–H and O–H groups in total. The van der Waals surface area contributed by atoms with Crippen LogP contribution in [0.15, 0.2) is 36.7 Å². The molecular formula is C15H19N5O. The average Bonchev–Trinajstić information content (AvgIpc) is 3.05. The molecule has 2 heterocycles. The van der Waals surface area contributed by atoms with Crippen molar-refractivity contribution < 1.29 is 4.79 Å². The van der Waals surface area contributed by atoms with Crippen LogP contribution in [0, 0.1) is 0 Å². The van der Waals surface area contributed by atoms with Crippen LogP contribution in [0.25, 0.3) is 0 Å². The molecule has 1 aromatic heterocycles. The molecule has 1 aliphatic heterocycles. The third kappa shape index (κ3) is 3.66. The molecule has 3 rings (SSSR count). The Morgan fingerprint density at radius 2 is 2.05 bits per heavy atom. The maximum absolute atomic E-state index is 11.9. The predicted molar refractivity (Wildman–Crippen MR) is 78.6 cm³/mol. The molecule has 0 atom stereocenters. The highest BCUT2D eigenvalue weighted by Gasteiger charge is 2.21. The standard InChI is InChI=1S/C15H19N5O/c21-15(14-16-11-17-19-14)18-13-6-8-20(9-7-13)10-12-4-2-1-3-5-12/h1-5,11,13H,6-10H2,(H,18,21)(H,16,17,19). The maximum atomic E-state index is 11.9. The molecule has 0 saturated carbocycles. The number of carbonyl (C=O) groups excluding carboxylic acids is 1. The van der Waals surface area contributed by atoms with E-state index in [9.17, 15) is 4.79 Å². The number of hydrogen-bond donors (Lipinski definition) is 2. The third-order valence-electron chi connectivity index (χ3n) is 3.80. The van der Waals surface area contributed by atoms with Crippen LogP contribution < -0.4 is 5.32 Å². The molecular weight excluding hydrogens is 266 g/mol. The maximum Gasteiger partial charge on any atom is 0.288 e. The highest BCUT2D eigenvalue weighted by molar-refractivity contribution is 5.90. The zero-order valence-corrected chi connectivity index (χ0v) is 11.8. The van der Waals surface area contributed by atoms with Gasteiger partial charge in [0.15, 0.2) is 0 Å². The van der Waals surface area contributed by atoms with E-state index in [-0.39, 0.29) is 17.8 Å². The van der Waals surface area contributed by atoms with Crippen LogP contribution in [0.3, 0.4) is 0 Å². The minimum absolute atomic E-state index is 0.172. The van der Waals surface area contributed by atoms with Crippen LogP contribution in [-0.2, 0) is 6.54 Å². The fraction of sp³-hybridized carbons (Fsp3) is 0.400. The number of aromatic nitrogens is 3. The van der Waals surface area contributed by atoms with Crippen molar-refractivity contribution in [1.29, 1.82) is 0 Å². The van der Waals surface area contributed by atoms with Crippen molar-refractivity contribution in [2.75, 3.05) is 13.1 Å². The summed E-state index contributed by atoms with van der Waals surface area (Å²) in [5.41, 5.74) is 1.33. The molecule has 6 heteroatoms. The molecule has 1 aromatic carbocycles. The molecule has 6 nitrogen and oxygen atoms in total. The normalized spacial score (nSPS) is 16.8. The lowest BCUT2D eigenvalue weighted by atomic mass is 10.0. The molecule has 21 heavy (non-hydrogen) atoms. The number of carbonyl (C=O) groups is 1. The summed E-state index contributed by atoms with van der Waals surface area (Å²) < 4.78 is 0. The summed E-state index contributed by atoms with van der Waals surface area (Å²) in [6, 6.07) is 10.7. The van der Waals surface area contributed by atoms with Gasteiger partial charge in [-0.05, 0) is 18.4 Å². The van der Waals surface area contributed by atoms with E-state index in [0.29, 0.717) is 0 Å². The number of likely N-dealkylation sites (tertiary alicyclic amines) is 1. The molecule has 0 spiro atoms. The minimum Gasteiger partial charge on any atom is -0.347 e. The van der Waals surface area contributed by atoms with E-state index in [1.165, 1.54) is 11.9 Å². The Morgan fingerprint density at radius 1 is 1.29 bits per heavy atom. The van der Waals surface area contributed by atoms with E-state index in [2.05, 4.69) is 49.7 Å². The molecule has 2 aromatic rings. The number of nitrogens with zero attached hydrogens (tertiary/aromatic N) is 3. The van der Waals surface area contributed by atoms with Gasteiger partial charge in [0.1, 0.15) is 6.33 Å². The van der Waals surface area contributed by atoms with Gasteiger partial charge in [0.05, 0.1) is 0 Å². The van der Waals surface area contributed by atoms with E-state index in [1.807, 2.05) is 6.07 Å². The van der Waals surface area contributed by atoms with Crippen molar-refractivity contribution >= 4 is 5.91 Å². The second-order valence-corrected chi connectivity index (χ2v) is 5.34. The Kier molecular flexibility index (Phi) is 4.25. The Morgan fingerprint density at radius 3 is 2.71 bits per heavy atom. The number of nitrogens with one attached hydrogen (secondary N) is 2. The van der Waals surface area contributed by atoms with Crippen LogP contribution >= 0.6 is 0 Å². The van der Waals surface area contributed by atoms with Crippen molar-refractivity contribution in [3.63, 3.8) is 0 Å². The van der Waals surface area contributed by atoms with Gasteiger partial charge >= 0.3 is 0 Å². The number of rotatable bonds is 4. The quantitative estimate of drug-likeness (QED) is 0.885. The number of aromatic amines is 1. The van der Waals surface area contributed by atoms with Crippen LogP contribution in [0.2, 0.25) is 0 Å². The molecule has 0 bridgehead atoms. The van der Waals surface area contributed by atoms with Crippen molar-refractivity contribution in [3.05, 3.63) is 48.0 Å². The van der Waals surface area contributed by atoms with E-state index in [4.69, 9.17) is 0 Å². The first-order valence-corrected chi connectivity index (χ1v) is 7.24. The molecule has 0 unspecified atom stereocenters. The molecule has 0 aliphatic carbocycles. The van der Waals surface area contributed by atoms with Crippen molar-refractivity contribution in [2.45, 2.75) is 25.4 Å². The summed E-state index contributed by atoms with van der Waals surface area (Å²) in [4.78, 5) is 18.2. The van der Waals surface area contributed by atoms with Crippen LogP contribution in [0.5, 0.6) is 0 Å². The predicted octanol–water partition coefficient (Wildman–Crippen LogP) is 1.20. The monoisotopic (exact) mass is 285 g/mol. The highest BCUT2D eigenvalue weighted by Crippen LogP contribution is 2.14. The molecule has 1 fully saturated rings. The SMILES string of the molecule is O=C(NC1CCN(Cc2ccccc2)CC1)c1ncn[nH]1. The van der Waals surface area contributed by atoms with Crippen LogP contribution in [-0.4, -0.2) is 45.1 Å². The van der Waals surface area contributed by atoms with E-state index >= 15 is 0 Å². The molecule has 110 valence electrons. The zero-order valence-electron chi connectivity index (χ0n) is 11.8. The topological polar surface area (TPSA) is 73.9 Å². The zero-order chi connectivity index (χ0) is 14.5. The van der Waals surface area contributed by atoms with Crippen LogP contribution in [0.1, 0.15) is 29.0 Å². The summed E-state index contributed by atoms with van der Waals surface area (Å²) in [5, 5.41) is 9.28. The largest absolute Gasteiger partial charge is 0.347 e. The second kappa shape index (κ2) is 6.49. The van der Waals surface area contributed by atoms with Gasteiger partial charge in [-0.2, -0.15) is 5.10 Å². The number of H-pyrrole nitrogens is 1. The first kappa shape index (κ1) is 13.8. The van der Waals surface area contributed by atoms with Crippen molar-refractivity contribution in [2.24, 2.45) is 0 Å². The van der Waals surface area contributed by atoms with Gasteiger partial charge in [-0.15, -0.1) is 0 Å². The van der Waals surface area contributed by atoms with Gasteiger partial charge in [0.25, 0.3) is 5.91 Å². The fourth-order valence-corrected chi connectivity index (χ4v) is 2.65. The smallest absolute Gasteiger partial charge is 0.288 e. The molecule has 0 radical (unpaired) electrons. The summed E-state index contributed by atoms with van der Waals surface area (Å²) in [6.45, 7) is 2.97. The Labute approximate surface area is 123 Å². The van der Waals surface area contributed by atoms with Gasteiger partial charge in [0, 0.05) is 25.7 Å². The molecule has 1 aliphatic rings. The highest BCUT2D eigenvalue weighted by atomic mass is 16.2. The minimum atomic E-state index is -0.172. The van der Waals surface area contributed by atoms with E-state index in [1.54, 1.807) is 0 Å². The lowest BCUT2D eigenvalue weighted by molar-refractivity contribution is 0.0899. The number of benzene rings is 1. The number of piperidine rings is 1. The number of hydrogen-bond acceptors (Lipinski definition) is 4. The van der Waals surface area contributed by atoms with Crippen molar-refractivity contribution in [3.8, 4) is 0 Å². The van der Waals surface area contributed by atoms with Crippen molar-refractivity contribution in [1.82, 2.24) is 25.4 Å². The second-order valence-electron chi connectivity index (χ2n) is 5.34. The Balaban J connectivity index is 1.46. The first-order chi connectivity index (χ1) is 10.3. The summed E-state index contributed by atoms with van der Waals surface area (Å²) in [5.74, 6) is 0.107. The van der Waals surface area contributed by atoms with Crippen LogP contribution in [0.4, 0.5) is 0 Å². The van der Waals surface area contributed by atoms with Gasteiger partial charge in [0.2, 0.25) is 5.82 Å². The summed E-state index contributed by atoms with van der Waals surface area (Å²) in [6.07, 6.45) is 3.27. The lowest BCUT2D eigenvalue weighted by Gasteiger charge is -2.32. The summed E-state index contributed by atoms with van der Waals surface area (Å²) in [7, 11) is 0. The Hall–Kier alpha value is -2.21. The van der Waals surface area contributed by atoms with Gasteiger partial charge in [-0.3, -0.25) is 14.8 Å². The van der Waals surface area contributed by atoms with Gasteiger partial charge in [-0.25, -0.2) is 4.98 Å². The van der Waals surface area contributed by atoms with E-state index in [0.717, 1.165) is 32.5 Å². The summed E-state index contributed by atoms with van der Waals surface area (Å²) >= 11 is 0. The Bertz CT molecular complexity index is 561. The third-order valence-corrected chi connectivity index (χ3v) is 3.80. The first-order valence-electron chi connectivity index (χ1n) is 7.24. The van der Waals surface area contributed by atoms with Gasteiger partial charge in [-0.1, -0.05) is 30.3 Å². The van der Waals surface area contributed by atoms with Gasteiger partial charge < -0.3 is 5.32 Å². The molecule has 1 amide bonds. The average molecular weight is 285 g/mol. The fourth-order valence-electron chi connectivity index (χ4n) is 2.65. The number of amides is 1. The van der Waals surface area contributed by atoms with E-state index < -0.39 is 0 Å².